The molecule has 0 bridgehead atoms. The number of aryl methyl sites for hydroxylation is 2. The van der Waals surface area contributed by atoms with E-state index < -0.39 is 17.9 Å². The van der Waals surface area contributed by atoms with Crippen LogP contribution in [0.15, 0.2) is 48.5 Å². The van der Waals surface area contributed by atoms with Crippen molar-refractivity contribution < 1.29 is 37.7 Å². The number of halogens is 1. The van der Waals surface area contributed by atoms with Crippen LogP contribution in [-0.2, 0) is 41.1 Å². The highest BCUT2D eigenvalue weighted by Gasteiger charge is 2.28. The standard InChI is InChI=1S/C24H28N4O4.C20H20FN3O3/c1-27-22-19(13-16(24(29)31-3)14-20(22)30-2)26-23(27)17-6-7-21(28-8-10-32-11-9-28)25-18(17)12-15-4-5-15;1-24-18-15(9-12(20(25)27-3)10-16(18)26-2)23-19(24)13-6-7-17(21)22-14(13)8-11-4-5-11/h6-7,13-15H,4-5,8-12H2,1-3H3;6-7,9-11H,4-5,8H2,1-3H3. The van der Waals surface area contributed by atoms with Crippen LogP contribution in [0, 0.1) is 17.8 Å². The van der Waals surface area contributed by atoms with Crippen LogP contribution in [0.3, 0.4) is 0 Å². The van der Waals surface area contributed by atoms with Crippen molar-refractivity contribution in [3.8, 4) is 34.3 Å². The number of carbonyl (C=O) groups excluding carboxylic acids is 2. The summed E-state index contributed by atoms with van der Waals surface area (Å²) in [5, 5.41) is 0. The number of imidazole rings is 2. The summed E-state index contributed by atoms with van der Waals surface area (Å²) in [4.78, 5) is 45.1. The van der Waals surface area contributed by atoms with E-state index in [1.807, 2.05) is 23.2 Å². The third-order valence-corrected chi connectivity index (χ3v) is 11.2. The molecule has 3 fully saturated rings. The second-order valence-corrected chi connectivity index (χ2v) is 15.3. The zero-order valence-electron chi connectivity index (χ0n) is 34.2. The van der Waals surface area contributed by atoms with Gasteiger partial charge in [0.1, 0.15) is 40.0 Å². The third kappa shape index (κ3) is 8.16. The van der Waals surface area contributed by atoms with Gasteiger partial charge in [0.05, 0.1) is 75.2 Å². The molecule has 0 amide bonds. The topological polar surface area (TPSA) is 145 Å². The molecule has 59 heavy (non-hydrogen) atoms. The number of carbonyl (C=O) groups is 2. The first-order chi connectivity index (χ1) is 28.6. The average Bonchev–Trinajstić information content (AvgIpc) is 4.20. The van der Waals surface area contributed by atoms with E-state index >= 15 is 0 Å². The largest absolute Gasteiger partial charge is 0.494 e. The number of pyridine rings is 2. The van der Waals surface area contributed by atoms with Gasteiger partial charge < -0.3 is 37.7 Å². The molecule has 15 heteroatoms. The summed E-state index contributed by atoms with van der Waals surface area (Å²) in [6.07, 6.45) is 6.48. The number of hydrogen-bond acceptors (Lipinski definition) is 12. The minimum absolute atomic E-state index is 0.363. The molecule has 1 saturated heterocycles. The summed E-state index contributed by atoms with van der Waals surface area (Å²) in [5.74, 6) is 3.48. The highest BCUT2D eigenvalue weighted by molar-refractivity contribution is 5.98. The fraction of sp³-hybridized carbons (Fsp3) is 0.409. The summed E-state index contributed by atoms with van der Waals surface area (Å²) in [6, 6.07) is 14.0. The van der Waals surface area contributed by atoms with Crippen molar-refractivity contribution >= 4 is 39.8 Å². The number of fused-ring (bicyclic) bond motifs is 2. The molecule has 0 N–H and O–H groups in total. The minimum atomic E-state index is -0.487. The maximum Gasteiger partial charge on any atom is 0.338 e. The predicted molar refractivity (Wildman–Crippen MR) is 220 cm³/mol. The van der Waals surface area contributed by atoms with Crippen molar-refractivity contribution in [3.05, 3.63) is 77.0 Å². The lowest BCUT2D eigenvalue weighted by Gasteiger charge is -2.28. The molecule has 14 nitrogen and oxygen atoms in total. The number of esters is 2. The van der Waals surface area contributed by atoms with Crippen LogP contribution < -0.4 is 14.4 Å². The summed E-state index contributed by atoms with van der Waals surface area (Å²) >= 11 is 0. The quantitative estimate of drug-likeness (QED) is 0.101. The van der Waals surface area contributed by atoms with Gasteiger partial charge in [-0.1, -0.05) is 0 Å². The van der Waals surface area contributed by atoms with Gasteiger partial charge in [-0.2, -0.15) is 4.39 Å². The Balaban J connectivity index is 0.000000167. The van der Waals surface area contributed by atoms with Crippen LogP contribution in [0.1, 0.15) is 57.8 Å². The number of hydrogen-bond donors (Lipinski definition) is 0. The molecule has 2 aliphatic carbocycles. The molecule has 6 aromatic rings. The normalized spacial score (nSPS) is 15.2. The van der Waals surface area contributed by atoms with Crippen LogP contribution in [0.2, 0.25) is 0 Å². The van der Waals surface area contributed by atoms with Crippen LogP contribution in [0.4, 0.5) is 10.2 Å². The maximum atomic E-state index is 13.7. The number of morpholine rings is 1. The monoisotopic (exact) mass is 805 g/mol. The number of rotatable bonds is 11. The van der Waals surface area contributed by atoms with Crippen LogP contribution >= 0.6 is 0 Å². The van der Waals surface area contributed by atoms with Crippen LogP contribution in [0.25, 0.3) is 44.8 Å². The molecular weight excluding hydrogens is 758 g/mol. The van der Waals surface area contributed by atoms with Gasteiger partial charge in [-0.25, -0.2) is 29.5 Å². The van der Waals surface area contributed by atoms with E-state index in [0.717, 1.165) is 91.5 Å². The van der Waals surface area contributed by atoms with E-state index in [1.165, 1.54) is 33.1 Å². The average molecular weight is 806 g/mol. The van der Waals surface area contributed by atoms with Gasteiger partial charge in [0.25, 0.3) is 0 Å². The van der Waals surface area contributed by atoms with E-state index in [-0.39, 0.29) is 0 Å². The number of aromatic nitrogens is 6. The highest BCUT2D eigenvalue weighted by atomic mass is 19.1. The Morgan fingerprint density at radius 3 is 1.61 bits per heavy atom. The molecule has 2 saturated carbocycles. The Hall–Kier alpha value is -6.09. The Kier molecular flexibility index (Phi) is 11.2. The second-order valence-electron chi connectivity index (χ2n) is 15.3. The molecule has 0 unspecified atom stereocenters. The third-order valence-electron chi connectivity index (χ3n) is 11.2. The SMILES string of the molecule is COC(=O)c1cc(OC)c2c(c1)nc(-c1ccc(F)nc1CC1CC1)n2C.COC(=O)c1cc(OC)c2c(c1)nc(-c1ccc(N3CCOCC3)nc1CC1CC1)n2C. The van der Waals surface area contributed by atoms with Gasteiger partial charge >= 0.3 is 11.9 Å². The zero-order valence-corrected chi connectivity index (χ0v) is 34.2. The molecule has 0 spiro atoms. The van der Waals surface area contributed by atoms with E-state index in [0.29, 0.717) is 57.0 Å². The maximum absolute atomic E-state index is 13.7. The van der Waals surface area contributed by atoms with Gasteiger partial charge in [-0.3, -0.25) is 0 Å². The number of ether oxygens (including phenoxy) is 5. The fourth-order valence-corrected chi connectivity index (χ4v) is 7.73. The van der Waals surface area contributed by atoms with Gasteiger partial charge in [-0.15, -0.1) is 0 Å². The summed E-state index contributed by atoms with van der Waals surface area (Å²) in [7, 11) is 9.68. The zero-order chi connectivity index (χ0) is 41.4. The summed E-state index contributed by atoms with van der Waals surface area (Å²) in [5.41, 5.74) is 7.27. The fourth-order valence-electron chi connectivity index (χ4n) is 7.73. The minimum Gasteiger partial charge on any atom is -0.494 e. The Labute approximate surface area is 341 Å². The second kappa shape index (κ2) is 16.6. The summed E-state index contributed by atoms with van der Waals surface area (Å²) in [6.45, 7) is 3.17. The molecule has 2 aromatic carbocycles. The summed E-state index contributed by atoms with van der Waals surface area (Å²) < 4.78 is 43.9. The van der Waals surface area contributed by atoms with Crippen LogP contribution in [0.5, 0.6) is 11.5 Å². The molecule has 4 aromatic heterocycles. The van der Waals surface area contributed by atoms with Crippen molar-refractivity contribution in [1.29, 1.82) is 0 Å². The first-order valence-electron chi connectivity index (χ1n) is 19.8. The van der Waals surface area contributed by atoms with E-state index in [1.54, 1.807) is 44.6 Å². The number of anilines is 1. The highest BCUT2D eigenvalue weighted by Crippen LogP contribution is 2.39. The van der Waals surface area contributed by atoms with E-state index in [2.05, 4.69) is 22.0 Å². The molecule has 0 atom stereocenters. The van der Waals surface area contributed by atoms with Gasteiger partial charge in [-0.05, 0) is 98.9 Å². The number of benzene rings is 2. The Morgan fingerprint density at radius 2 is 1.15 bits per heavy atom. The van der Waals surface area contributed by atoms with Gasteiger partial charge in [0.2, 0.25) is 5.95 Å². The lowest BCUT2D eigenvalue weighted by atomic mass is 10.1. The molecule has 3 aliphatic rings. The van der Waals surface area contributed by atoms with Crippen molar-refractivity contribution in [3.63, 3.8) is 0 Å². The first kappa shape index (κ1) is 39.7. The van der Waals surface area contributed by atoms with Gasteiger partial charge in [0.15, 0.2) is 0 Å². The van der Waals surface area contributed by atoms with Crippen molar-refractivity contribution in [2.75, 3.05) is 59.6 Å². The predicted octanol–water partition coefficient (Wildman–Crippen LogP) is 6.74. The number of methoxy groups -OCH3 is 4. The Bertz CT molecular complexity index is 2550. The molecule has 0 radical (unpaired) electrons. The molecule has 1 aliphatic heterocycles. The molecular formula is C44H48FN7O7. The van der Waals surface area contributed by atoms with E-state index in [4.69, 9.17) is 38.6 Å². The molecule has 308 valence electrons. The van der Waals surface area contributed by atoms with Crippen LogP contribution in [-0.4, -0.2) is 95.8 Å². The lowest BCUT2D eigenvalue weighted by molar-refractivity contribution is 0.0591. The molecule has 9 rings (SSSR count). The van der Waals surface area contributed by atoms with Gasteiger partial charge in [0, 0.05) is 38.3 Å². The lowest BCUT2D eigenvalue weighted by Crippen LogP contribution is -2.36. The smallest absolute Gasteiger partial charge is 0.338 e. The Morgan fingerprint density at radius 1 is 0.678 bits per heavy atom. The number of nitrogens with zero attached hydrogens (tertiary/aromatic N) is 7. The first-order valence-corrected chi connectivity index (χ1v) is 19.8. The molecule has 5 heterocycles. The van der Waals surface area contributed by atoms with Crippen molar-refractivity contribution in [1.82, 2.24) is 29.1 Å². The van der Waals surface area contributed by atoms with Crippen molar-refractivity contribution in [2.45, 2.75) is 38.5 Å². The van der Waals surface area contributed by atoms with E-state index in [9.17, 15) is 14.0 Å². The van der Waals surface area contributed by atoms with Crippen molar-refractivity contribution in [2.24, 2.45) is 25.9 Å².